The highest BCUT2D eigenvalue weighted by Crippen LogP contribution is 2.21. The topological polar surface area (TPSA) is 67.4 Å². The zero-order valence-electron chi connectivity index (χ0n) is 13.6. The third kappa shape index (κ3) is 6.29. The highest BCUT2D eigenvalue weighted by Gasteiger charge is 2.10. The maximum atomic E-state index is 11.9. The fraction of sp³-hybridized carbons (Fsp3) is 0.222. The summed E-state index contributed by atoms with van der Waals surface area (Å²) in [5.41, 5.74) is 1.49. The van der Waals surface area contributed by atoms with E-state index in [9.17, 15) is 9.59 Å². The van der Waals surface area contributed by atoms with Gasteiger partial charge >= 0.3 is 0 Å². The van der Waals surface area contributed by atoms with Gasteiger partial charge in [0.25, 0.3) is 0 Å². The molecule has 0 aliphatic rings. The van der Waals surface area contributed by atoms with E-state index >= 15 is 0 Å². The molecular formula is C18H18Cl2N2O3. The van der Waals surface area contributed by atoms with E-state index in [1.165, 1.54) is 0 Å². The molecule has 0 spiro atoms. The first kappa shape index (κ1) is 19.1. The zero-order chi connectivity index (χ0) is 18.2. The van der Waals surface area contributed by atoms with Gasteiger partial charge in [0, 0.05) is 22.3 Å². The van der Waals surface area contributed by atoms with Crippen molar-refractivity contribution in [2.75, 3.05) is 19.0 Å². The number of rotatable bonds is 7. The second-order valence-electron chi connectivity index (χ2n) is 5.29. The van der Waals surface area contributed by atoms with E-state index < -0.39 is 0 Å². The number of anilines is 1. The minimum Gasteiger partial charge on any atom is -0.497 e. The van der Waals surface area contributed by atoms with Gasteiger partial charge in [0.1, 0.15) is 12.2 Å². The molecule has 0 heterocycles. The lowest BCUT2D eigenvalue weighted by Gasteiger charge is -2.08. The molecule has 0 aliphatic heterocycles. The van der Waals surface area contributed by atoms with Crippen molar-refractivity contribution in [1.82, 2.24) is 5.32 Å². The number of nitrogens with one attached hydrogen (secondary N) is 2. The third-order valence-corrected chi connectivity index (χ3v) is 4.01. The predicted molar refractivity (Wildman–Crippen MR) is 99.4 cm³/mol. The Balaban J connectivity index is 1.74. The summed E-state index contributed by atoms with van der Waals surface area (Å²) in [4.78, 5) is 23.7. The average molecular weight is 381 g/mol. The predicted octanol–water partition coefficient (Wildman–Crippen LogP) is 3.69. The molecule has 0 bridgehead atoms. The zero-order valence-corrected chi connectivity index (χ0v) is 15.2. The Labute approximate surface area is 156 Å². The first-order valence-corrected chi connectivity index (χ1v) is 8.38. The molecule has 5 nitrogen and oxygen atoms in total. The SMILES string of the molecule is COc1ccc(NC(=O)CC(=O)NCCc2ccc(Cl)cc2Cl)cc1. The summed E-state index contributed by atoms with van der Waals surface area (Å²) in [6.45, 7) is 0.385. The number of methoxy groups -OCH3 is 1. The van der Waals surface area contributed by atoms with Crippen molar-refractivity contribution >= 4 is 40.7 Å². The van der Waals surface area contributed by atoms with Crippen molar-refractivity contribution in [3.05, 3.63) is 58.1 Å². The number of amides is 2. The molecule has 0 saturated heterocycles. The molecule has 2 rings (SSSR count). The fourth-order valence-electron chi connectivity index (χ4n) is 2.15. The number of carbonyl (C=O) groups excluding carboxylic acids is 2. The lowest BCUT2D eigenvalue weighted by molar-refractivity contribution is -0.126. The molecule has 0 saturated carbocycles. The van der Waals surface area contributed by atoms with Gasteiger partial charge in [-0.2, -0.15) is 0 Å². The summed E-state index contributed by atoms with van der Waals surface area (Å²) in [7, 11) is 1.56. The quantitative estimate of drug-likeness (QED) is 0.719. The van der Waals surface area contributed by atoms with Crippen molar-refractivity contribution in [2.24, 2.45) is 0 Å². The standard InChI is InChI=1S/C18H18Cl2N2O3/c1-25-15-6-4-14(5-7-15)22-18(24)11-17(23)21-9-8-12-2-3-13(19)10-16(12)20/h2-7,10H,8-9,11H2,1H3,(H,21,23)(H,22,24). The van der Waals surface area contributed by atoms with Crippen LogP contribution < -0.4 is 15.4 Å². The van der Waals surface area contributed by atoms with Crippen LogP contribution in [0.2, 0.25) is 10.0 Å². The van der Waals surface area contributed by atoms with Crippen LogP contribution in [-0.2, 0) is 16.0 Å². The van der Waals surface area contributed by atoms with Gasteiger partial charge in [-0.25, -0.2) is 0 Å². The molecular weight excluding hydrogens is 363 g/mol. The van der Waals surface area contributed by atoms with Gasteiger partial charge in [-0.3, -0.25) is 9.59 Å². The van der Waals surface area contributed by atoms with Crippen molar-refractivity contribution in [2.45, 2.75) is 12.8 Å². The molecule has 2 aromatic rings. The van der Waals surface area contributed by atoms with Gasteiger partial charge < -0.3 is 15.4 Å². The molecule has 0 atom stereocenters. The maximum absolute atomic E-state index is 11.9. The Morgan fingerprint density at radius 3 is 2.40 bits per heavy atom. The second kappa shape index (κ2) is 9.30. The van der Waals surface area contributed by atoms with E-state index in [2.05, 4.69) is 10.6 Å². The van der Waals surface area contributed by atoms with Crippen molar-refractivity contribution in [3.63, 3.8) is 0 Å². The second-order valence-corrected chi connectivity index (χ2v) is 6.13. The molecule has 0 radical (unpaired) electrons. The van der Waals surface area contributed by atoms with Gasteiger partial charge in [0.05, 0.1) is 7.11 Å². The number of ether oxygens (including phenoxy) is 1. The highest BCUT2D eigenvalue weighted by atomic mass is 35.5. The summed E-state index contributed by atoms with van der Waals surface area (Å²) in [6.07, 6.45) is 0.308. The average Bonchev–Trinajstić information content (AvgIpc) is 2.57. The Morgan fingerprint density at radius 2 is 1.76 bits per heavy atom. The molecule has 0 unspecified atom stereocenters. The summed E-state index contributed by atoms with van der Waals surface area (Å²) in [5.74, 6) is -0.0418. The Kier molecular flexibility index (Phi) is 7.10. The highest BCUT2D eigenvalue weighted by molar-refractivity contribution is 6.35. The van der Waals surface area contributed by atoms with Crippen LogP contribution in [0, 0.1) is 0 Å². The summed E-state index contributed by atoms with van der Waals surface area (Å²) in [5, 5.41) is 6.47. The first-order chi connectivity index (χ1) is 12.0. The Bertz CT molecular complexity index is 748. The summed E-state index contributed by atoms with van der Waals surface area (Å²) < 4.78 is 5.04. The van der Waals surface area contributed by atoms with Crippen LogP contribution in [-0.4, -0.2) is 25.5 Å². The van der Waals surface area contributed by atoms with Gasteiger partial charge in [-0.05, 0) is 48.4 Å². The smallest absolute Gasteiger partial charge is 0.233 e. The van der Waals surface area contributed by atoms with Crippen LogP contribution in [0.15, 0.2) is 42.5 Å². The molecule has 0 fully saturated rings. The monoisotopic (exact) mass is 380 g/mol. The molecule has 0 aromatic heterocycles. The lowest BCUT2D eigenvalue weighted by atomic mass is 10.1. The van der Waals surface area contributed by atoms with Crippen LogP contribution >= 0.6 is 23.2 Å². The van der Waals surface area contributed by atoms with Crippen LogP contribution in [0.4, 0.5) is 5.69 Å². The number of hydrogen-bond donors (Lipinski definition) is 2. The van der Waals surface area contributed by atoms with Gasteiger partial charge in [0.2, 0.25) is 11.8 Å². The maximum Gasteiger partial charge on any atom is 0.233 e. The van der Waals surface area contributed by atoms with Gasteiger partial charge in [-0.15, -0.1) is 0 Å². The molecule has 2 aromatic carbocycles. The number of halogens is 2. The summed E-state index contributed by atoms with van der Waals surface area (Å²) >= 11 is 11.9. The molecule has 132 valence electrons. The minimum absolute atomic E-state index is 0.250. The molecule has 25 heavy (non-hydrogen) atoms. The van der Waals surface area contributed by atoms with Crippen LogP contribution in [0.25, 0.3) is 0 Å². The third-order valence-electron chi connectivity index (χ3n) is 3.43. The largest absolute Gasteiger partial charge is 0.497 e. The number of carbonyl (C=O) groups is 2. The van der Waals surface area contributed by atoms with E-state index in [1.807, 2.05) is 6.07 Å². The number of hydrogen-bond acceptors (Lipinski definition) is 3. The number of benzene rings is 2. The Hall–Kier alpha value is -2.24. The van der Waals surface area contributed by atoms with E-state index in [-0.39, 0.29) is 18.2 Å². The van der Waals surface area contributed by atoms with Crippen LogP contribution in [0.1, 0.15) is 12.0 Å². The van der Waals surface area contributed by atoms with E-state index in [1.54, 1.807) is 43.5 Å². The first-order valence-electron chi connectivity index (χ1n) is 7.62. The lowest BCUT2D eigenvalue weighted by Crippen LogP contribution is -2.29. The molecule has 7 heteroatoms. The van der Waals surface area contributed by atoms with E-state index in [0.29, 0.717) is 34.4 Å². The fourth-order valence-corrected chi connectivity index (χ4v) is 2.65. The Morgan fingerprint density at radius 1 is 1.04 bits per heavy atom. The van der Waals surface area contributed by atoms with Gasteiger partial charge in [0.15, 0.2) is 0 Å². The van der Waals surface area contributed by atoms with Crippen molar-refractivity contribution in [3.8, 4) is 5.75 Å². The van der Waals surface area contributed by atoms with E-state index in [4.69, 9.17) is 27.9 Å². The minimum atomic E-state index is -0.382. The van der Waals surface area contributed by atoms with Crippen molar-refractivity contribution in [1.29, 1.82) is 0 Å². The molecule has 2 amide bonds. The van der Waals surface area contributed by atoms with Crippen molar-refractivity contribution < 1.29 is 14.3 Å². The van der Waals surface area contributed by atoms with E-state index in [0.717, 1.165) is 5.56 Å². The normalized spacial score (nSPS) is 10.2. The van der Waals surface area contributed by atoms with Crippen LogP contribution in [0.5, 0.6) is 5.75 Å². The molecule has 0 aliphatic carbocycles. The summed E-state index contributed by atoms with van der Waals surface area (Å²) in [6, 6.07) is 12.1. The van der Waals surface area contributed by atoms with Crippen LogP contribution in [0.3, 0.4) is 0 Å². The molecule has 2 N–H and O–H groups in total. The van der Waals surface area contributed by atoms with Gasteiger partial charge in [-0.1, -0.05) is 29.3 Å².